The highest BCUT2D eigenvalue weighted by Crippen LogP contribution is 2.29. The zero-order valence-electron chi connectivity index (χ0n) is 19.4. The monoisotopic (exact) mass is 421 g/mol. The number of pyridine rings is 1. The fourth-order valence-electron chi connectivity index (χ4n) is 3.46. The van der Waals surface area contributed by atoms with Crippen LogP contribution in [0.3, 0.4) is 0 Å². The average molecular weight is 422 g/mol. The summed E-state index contributed by atoms with van der Waals surface area (Å²) >= 11 is 0. The Morgan fingerprint density at radius 1 is 1.16 bits per heavy atom. The highest BCUT2D eigenvalue weighted by Gasteiger charge is 2.27. The van der Waals surface area contributed by atoms with Crippen LogP contribution in [0.1, 0.15) is 62.3 Å². The second kappa shape index (κ2) is 8.49. The number of benzene rings is 1. The lowest BCUT2D eigenvalue weighted by Gasteiger charge is -2.21. The number of nitrogens with one attached hydrogen (secondary N) is 1. The van der Waals surface area contributed by atoms with E-state index in [9.17, 15) is 9.59 Å². The van der Waals surface area contributed by atoms with Crippen LogP contribution in [-0.4, -0.2) is 45.1 Å². The van der Waals surface area contributed by atoms with Crippen LogP contribution in [0.15, 0.2) is 36.4 Å². The number of nitrogens with zero attached hydrogens (tertiary/aromatic N) is 4. The Balaban J connectivity index is 1.97. The lowest BCUT2D eigenvalue weighted by molar-refractivity contribution is -0.116. The number of aromatic nitrogens is 3. The number of likely N-dealkylation sites (N-methyl/N-ethyl adjacent to an activating group) is 1. The molecular weight excluding hydrogens is 390 g/mol. The molecule has 0 atom stereocenters. The van der Waals surface area contributed by atoms with E-state index in [1.807, 2.05) is 61.9 Å². The predicted molar refractivity (Wildman–Crippen MR) is 123 cm³/mol. The van der Waals surface area contributed by atoms with Gasteiger partial charge in [-0.1, -0.05) is 32.0 Å². The molecule has 164 valence electrons. The maximum absolute atomic E-state index is 13.4. The maximum Gasteiger partial charge on any atom is 0.254 e. The van der Waals surface area contributed by atoms with Crippen LogP contribution in [0.5, 0.6) is 0 Å². The molecule has 2 amide bonds. The van der Waals surface area contributed by atoms with Crippen molar-refractivity contribution in [1.29, 1.82) is 0 Å². The van der Waals surface area contributed by atoms with Gasteiger partial charge in [-0.15, -0.1) is 0 Å². The average Bonchev–Trinajstić information content (AvgIpc) is 3.04. The number of anilines is 1. The van der Waals surface area contributed by atoms with Crippen molar-refractivity contribution in [3.63, 3.8) is 0 Å². The minimum Gasteiger partial charge on any atom is -0.332 e. The van der Waals surface area contributed by atoms with Gasteiger partial charge in [-0.05, 0) is 51.8 Å². The number of hydrogen-bond donors (Lipinski definition) is 1. The SMILES string of the molecule is Cc1nn(C(C)(C)C)c2nc(C(C)C)cc(C(=O)N(C)CC(=O)Nc3ccccc3)c12. The standard InChI is InChI=1S/C24H31N5O2/c1-15(2)19-13-18(21-16(3)27-29(22(21)26-19)24(4,5)6)23(31)28(7)14-20(30)25-17-11-9-8-10-12-17/h8-13,15H,14H2,1-7H3,(H,25,30). The molecular formula is C24H31N5O2. The van der Waals surface area contributed by atoms with Crippen LogP contribution >= 0.6 is 0 Å². The molecule has 7 heteroatoms. The van der Waals surface area contributed by atoms with Crippen LogP contribution in [-0.2, 0) is 10.3 Å². The molecule has 7 nitrogen and oxygen atoms in total. The molecule has 3 rings (SSSR count). The van der Waals surface area contributed by atoms with Crippen LogP contribution in [0.25, 0.3) is 11.0 Å². The molecule has 0 radical (unpaired) electrons. The molecule has 0 aliphatic carbocycles. The second-order valence-corrected chi connectivity index (χ2v) is 9.19. The zero-order valence-corrected chi connectivity index (χ0v) is 19.4. The number of carbonyl (C=O) groups is 2. The van der Waals surface area contributed by atoms with Crippen molar-refractivity contribution < 1.29 is 9.59 Å². The first-order chi connectivity index (χ1) is 14.5. The molecule has 1 N–H and O–H groups in total. The number of amides is 2. The molecule has 3 aromatic rings. The number of carbonyl (C=O) groups excluding carboxylic acids is 2. The summed E-state index contributed by atoms with van der Waals surface area (Å²) in [7, 11) is 1.64. The van der Waals surface area contributed by atoms with Crippen molar-refractivity contribution >= 4 is 28.5 Å². The Morgan fingerprint density at radius 2 is 1.81 bits per heavy atom. The topological polar surface area (TPSA) is 80.1 Å². The second-order valence-electron chi connectivity index (χ2n) is 9.19. The Bertz CT molecular complexity index is 1110. The predicted octanol–water partition coefficient (Wildman–Crippen LogP) is 4.33. The van der Waals surface area contributed by atoms with Crippen molar-refractivity contribution in [3.8, 4) is 0 Å². The van der Waals surface area contributed by atoms with E-state index in [4.69, 9.17) is 4.98 Å². The van der Waals surface area contributed by atoms with Crippen LogP contribution < -0.4 is 5.32 Å². The lowest BCUT2D eigenvalue weighted by Crippen LogP contribution is -2.35. The molecule has 0 spiro atoms. The smallest absolute Gasteiger partial charge is 0.254 e. The summed E-state index contributed by atoms with van der Waals surface area (Å²) in [5, 5.41) is 8.24. The minimum atomic E-state index is -0.281. The van der Waals surface area contributed by atoms with Gasteiger partial charge < -0.3 is 10.2 Å². The molecule has 0 aliphatic heterocycles. The molecule has 0 aliphatic rings. The van der Waals surface area contributed by atoms with E-state index in [0.717, 1.165) is 16.8 Å². The van der Waals surface area contributed by atoms with Gasteiger partial charge in [0, 0.05) is 18.4 Å². The van der Waals surface area contributed by atoms with Crippen LogP contribution in [0.2, 0.25) is 0 Å². The van der Waals surface area contributed by atoms with Gasteiger partial charge >= 0.3 is 0 Å². The highest BCUT2D eigenvalue weighted by atomic mass is 16.2. The first-order valence-electron chi connectivity index (χ1n) is 10.5. The van der Waals surface area contributed by atoms with Crippen molar-refractivity contribution in [2.45, 2.75) is 53.0 Å². The van der Waals surface area contributed by atoms with Gasteiger partial charge in [0.1, 0.15) is 0 Å². The first-order valence-corrected chi connectivity index (χ1v) is 10.5. The van der Waals surface area contributed by atoms with E-state index in [1.54, 1.807) is 7.05 Å². The molecule has 0 unspecified atom stereocenters. The van der Waals surface area contributed by atoms with Crippen LogP contribution in [0.4, 0.5) is 5.69 Å². The molecule has 2 aromatic heterocycles. The number of aryl methyl sites for hydroxylation is 1. The Labute approximate surface area is 183 Å². The molecule has 31 heavy (non-hydrogen) atoms. The van der Waals surface area contributed by atoms with Gasteiger partial charge in [0.15, 0.2) is 5.65 Å². The van der Waals surface area contributed by atoms with E-state index in [0.29, 0.717) is 16.9 Å². The number of hydrogen-bond acceptors (Lipinski definition) is 4. The summed E-state index contributed by atoms with van der Waals surface area (Å²) in [6.45, 7) is 12.1. The maximum atomic E-state index is 13.4. The number of fused-ring (bicyclic) bond motifs is 1. The Hall–Kier alpha value is -3.22. The molecule has 0 saturated heterocycles. The molecule has 0 fully saturated rings. The third-order valence-electron chi connectivity index (χ3n) is 5.07. The van der Waals surface area contributed by atoms with E-state index >= 15 is 0 Å². The van der Waals surface area contributed by atoms with E-state index < -0.39 is 0 Å². The largest absolute Gasteiger partial charge is 0.332 e. The van der Waals surface area contributed by atoms with Crippen molar-refractivity contribution in [2.75, 3.05) is 18.9 Å². The molecule has 0 bridgehead atoms. The van der Waals surface area contributed by atoms with Crippen LogP contribution in [0, 0.1) is 6.92 Å². The van der Waals surface area contributed by atoms with Gasteiger partial charge in [-0.2, -0.15) is 5.10 Å². The fraction of sp³-hybridized carbons (Fsp3) is 0.417. The molecule has 2 heterocycles. The number of para-hydroxylation sites is 1. The Morgan fingerprint density at radius 3 is 2.39 bits per heavy atom. The van der Waals surface area contributed by atoms with Gasteiger partial charge in [0.25, 0.3) is 5.91 Å². The van der Waals surface area contributed by atoms with E-state index in [1.165, 1.54) is 4.90 Å². The first kappa shape index (κ1) is 22.5. The quantitative estimate of drug-likeness (QED) is 0.665. The summed E-state index contributed by atoms with van der Waals surface area (Å²) in [4.78, 5) is 32.1. The number of rotatable bonds is 5. The van der Waals surface area contributed by atoms with Crippen molar-refractivity contribution in [2.24, 2.45) is 0 Å². The third kappa shape index (κ3) is 4.76. The van der Waals surface area contributed by atoms with Gasteiger partial charge in [-0.25, -0.2) is 9.67 Å². The van der Waals surface area contributed by atoms with E-state index in [-0.39, 0.29) is 29.8 Å². The van der Waals surface area contributed by atoms with E-state index in [2.05, 4.69) is 31.2 Å². The van der Waals surface area contributed by atoms with Crippen molar-refractivity contribution in [1.82, 2.24) is 19.7 Å². The molecule has 1 aromatic carbocycles. The molecule has 0 saturated carbocycles. The lowest BCUT2D eigenvalue weighted by atomic mass is 10.0. The highest BCUT2D eigenvalue weighted by molar-refractivity contribution is 6.08. The van der Waals surface area contributed by atoms with Gasteiger partial charge in [0.05, 0.1) is 28.7 Å². The zero-order chi connectivity index (χ0) is 22.9. The summed E-state index contributed by atoms with van der Waals surface area (Å²) in [5.74, 6) is -0.334. The normalized spacial score (nSPS) is 11.7. The summed E-state index contributed by atoms with van der Waals surface area (Å²) in [6, 6.07) is 11.0. The fourth-order valence-corrected chi connectivity index (χ4v) is 3.46. The Kier molecular flexibility index (Phi) is 6.15. The summed E-state index contributed by atoms with van der Waals surface area (Å²) in [6.07, 6.45) is 0. The van der Waals surface area contributed by atoms with Gasteiger partial charge in [0.2, 0.25) is 5.91 Å². The summed E-state index contributed by atoms with van der Waals surface area (Å²) < 4.78 is 1.88. The third-order valence-corrected chi connectivity index (χ3v) is 5.07. The van der Waals surface area contributed by atoms with Gasteiger partial charge in [-0.3, -0.25) is 9.59 Å². The minimum absolute atomic E-state index is 0.0546. The summed E-state index contributed by atoms with van der Waals surface area (Å²) in [5.41, 5.74) is 3.21. The van der Waals surface area contributed by atoms with Crippen molar-refractivity contribution in [3.05, 3.63) is 53.3 Å².